The van der Waals surface area contributed by atoms with Gasteiger partial charge in [-0.25, -0.2) is 9.97 Å². The molecule has 0 saturated carbocycles. The Labute approximate surface area is 112 Å². The molecule has 0 N–H and O–H groups in total. The fourth-order valence-electron chi connectivity index (χ4n) is 1.40. The van der Waals surface area contributed by atoms with Gasteiger partial charge in [-0.05, 0) is 25.1 Å². The van der Waals surface area contributed by atoms with Gasteiger partial charge in [0.15, 0.2) is 11.4 Å². The third-order valence-electron chi connectivity index (χ3n) is 2.19. The van der Waals surface area contributed by atoms with Crippen molar-refractivity contribution < 1.29 is 17.9 Å². The number of aryl methyl sites for hydroxylation is 1. The Morgan fingerprint density at radius 3 is 2.58 bits per heavy atom. The Balaban J connectivity index is 2.40. The molecule has 0 amide bonds. The zero-order chi connectivity index (χ0) is 14.0. The van der Waals surface area contributed by atoms with Crippen LogP contribution in [0.2, 0.25) is 5.15 Å². The monoisotopic (exact) mass is 288 g/mol. The molecule has 3 nitrogen and oxygen atoms in total. The van der Waals surface area contributed by atoms with Crippen molar-refractivity contribution in [1.29, 1.82) is 0 Å². The fourth-order valence-corrected chi connectivity index (χ4v) is 1.57. The van der Waals surface area contributed by atoms with E-state index >= 15 is 0 Å². The zero-order valence-electron chi connectivity index (χ0n) is 9.70. The van der Waals surface area contributed by atoms with Gasteiger partial charge in [-0.2, -0.15) is 13.2 Å². The maximum atomic E-state index is 12.8. The lowest BCUT2D eigenvalue weighted by Gasteiger charge is -2.13. The van der Waals surface area contributed by atoms with Crippen LogP contribution in [-0.2, 0) is 6.18 Å². The number of hydrogen-bond acceptors (Lipinski definition) is 3. The topological polar surface area (TPSA) is 35.0 Å². The summed E-state index contributed by atoms with van der Waals surface area (Å²) >= 11 is 5.64. The Morgan fingerprint density at radius 2 is 1.95 bits per heavy atom. The molecule has 2 aromatic rings. The predicted molar refractivity (Wildman–Crippen MR) is 63.3 cm³/mol. The van der Waals surface area contributed by atoms with Gasteiger partial charge < -0.3 is 4.74 Å². The van der Waals surface area contributed by atoms with Gasteiger partial charge in [0.1, 0.15) is 10.9 Å². The summed E-state index contributed by atoms with van der Waals surface area (Å²) in [7, 11) is 0. The van der Waals surface area contributed by atoms with Crippen LogP contribution in [0, 0.1) is 6.92 Å². The van der Waals surface area contributed by atoms with Crippen molar-refractivity contribution >= 4 is 11.6 Å². The van der Waals surface area contributed by atoms with Gasteiger partial charge in [0.25, 0.3) is 0 Å². The normalized spacial score (nSPS) is 11.4. The minimum atomic E-state index is -4.59. The van der Waals surface area contributed by atoms with Gasteiger partial charge in [0.2, 0.25) is 0 Å². The minimum Gasteiger partial charge on any atom is -0.455 e. The standard InChI is InChI=1S/C12H8ClF3N2O/c1-7-2-3-9(11(18-7)12(14,15)16)19-8-4-5-17-10(13)6-8/h2-6H,1H3. The second-order valence-corrected chi connectivity index (χ2v) is 4.10. The maximum Gasteiger partial charge on any atom is 0.437 e. The first-order valence-electron chi connectivity index (χ1n) is 5.20. The van der Waals surface area contributed by atoms with Crippen LogP contribution >= 0.6 is 11.6 Å². The first-order valence-corrected chi connectivity index (χ1v) is 5.58. The highest BCUT2D eigenvalue weighted by atomic mass is 35.5. The lowest BCUT2D eigenvalue weighted by atomic mass is 10.2. The van der Waals surface area contributed by atoms with Crippen LogP contribution in [0.1, 0.15) is 11.4 Å². The van der Waals surface area contributed by atoms with Crippen LogP contribution in [0.5, 0.6) is 11.5 Å². The van der Waals surface area contributed by atoms with E-state index in [0.717, 1.165) is 0 Å². The van der Waals surface area contributed by atoms with Crippen LogP contribution in [0.25, 0.3) is 0 Å². The lowest BCUT2D eigenvalue weighted by Crippen LogP contribution is -2.10. The highest BCUT2D eigenvalue weighted by Crippen LogP contribution is 2.36. The Kier molecular flexibility index (Phi) is 3.61. The number of halogens is 4. The average molecular weight is 289 g/mol. The van der Waals surface area contributed by atoms with Crippen molar-refractivity contribution in [2.24, 2.45) is 0 Å². The minimum absolute atomic E-state index is 0.131. The van der Waals surface area contributed by atoms with E-state index in [1.54, 1.807) is 0 Å². The van der Waals surface area contributed by atoms with Crippen molar-refractivity contribution in [2.75, 3.05) is 0 Å². The molecule has 2 heterocycles. The lowest BCUT2D eigenvalue weighted by molar-refractivity contribution is -0.142. The molecule has 2 rings (SSSR count). The van der Waals surface area contributed by atoms with E-state index < -0.39 is 11.9 Å². The van der Waals surface area contributed by atoms with Crippen LogP contribution < -0.4 is 4.74 Å². The summed E-state index contributed by atoms with van der Waals surface area (Å²) in [6.45, 7) is 1.47. The molecule has 2 aromatic heterocycles. The summed E-state index contributed by atoms with van der Waals surface area (Å²) in [4.78, 5) is 7.18. The second kappa shape index (κ2) is 5.05. The van der Waals surface area contributed by atoms with Crippen LogP contribution in [0.3, 0.4) is 0 Å². The molecule has 0 spiro atoms. The average Bonchev–Trinajstić information content (AvgIpc) is 2.30. The van der Waals surface area contributed by atoms with Gasteiger partial charge in [0.05, 0.1) is 0 Å². The molecule has 0 fully saturated rings. The van der Waals surface area contributed by atoms with Gasteiger partial charge in [0, 0.05) is 18.0 Å². The quantitative estimate of drug-likeness (QED) is 0.775. The molecule has 0 radical (unpaired) electrons. The summed E-state index contributed by atoms with van der Waals surface area (Å²) in [5.74, 6) is -0.212. The van der Waals surface area contributed by atoms with E-state index in [-0.39, 0.29) is 22.3 Å². The molecule has 19 heavy (non-hydrogen) atoms. The van der Waals surface area contributed by atoms with Crippen molar-refractivity contribution in [3.8, 4) is 11.5 Å². The largest absolute Gasteiger partial charge is 0.455 e. The molecule has 100 valence electrons. The van der Waals surface area contributed by atoms with Crippen LogP contribution in [0.15, 0.2) is 30.5 Å². The molecule has 0 aliphatic rings. The molecule has 0 aliphatic carbocycles. The Morgan fingerprint density at radius 1 is 1.21 bits per heavy atom. The highest BCUT2D eigenvalue weighted by Gasteiger charge is 2.36. The number of ether oxygens (including phenoxy) is 1. The zero-order valence-corrected chi connectivity index (χ0v) is 10.5. The summed E-state index contributed by atoms with van der Waals surface area (Å²) in [6, 6.07) is 5.39. The first kappa shape index (κ1) is 13.6. The van der Waals surface area contributed by atoms with Crippen molar-refractivity contribution in [3.05, 3.63) is 47.0 Å². The highest BCUT2D eigenvalue weighted by molar-refractivity contribution is 6.29. The molecule has 0 unspecified atom stereocenters. The van der Waals surface area contributed by atoms with Crippen molar-refractivity contribution in [3.63, 3.8) is 0 Å². The van der Waals surface area contributed by atoms with Gasteiger partial charge in [-0.1, -0.05) is 11.6 Å². The Bertz CT molecular complexity index is 602. The second-order valence-electron chi connectivity index (χ2n) is 3.71. The summed E-state index contributed by atoms with van der Waals surface area (Å²) in [5.41, 5.74) is -0.812. The first-order chi connectivity index (χ1) is 8.86. The van der Waals surface area contributed by atoms with E-state index in [2.05, 4.69) is 9.97 Å². The summed E-state index contributed by atoms with van der Waals surface area (Å²) in [6.07, 6.45) is -3.25. The fraction of sp³-hybridized carbons (Fsp3) is 0.167. The van der Waals surface area contributed by atoms with Crippen LogP contribution in [-0.4, -0.2) is 9.97 Å². The molecule has 0 aromatic carbocycles. The van der Waals surface area contributed by atoms with Crippen molar-refractivity contribution in [2.45, 2.75) is 13.1 Å². The number of alkyl halides is 3. The van der Waals surface area contributed by atoms with E-state index in [9.17, 15) is 13.2 Å². The van der Waals surface area contributed by atoms with E-state index in [1.807, 2.05) is 0 Å². The SMILES string of the molecule is Cc1ccc(Oc2ccnc(Cl)c2)c(C(F)(F)F)n1. The van der Waals surface area contributed by atoms with Crippen molar-refractivity contribution in [1.82, 2.24) is 9.97 Å². The van der Waals surface area contributed by atoms with E-state index in [4.69, 9.17) is 16.3 Å². The predicted octanol–water partition coefficient (Wildman–Crippen LogP) is 4.25. The number of hydrogen-bond donors (Lipinski definition) is 0. The number of rotatable bonds is 2. The van der Waals surface area contributed by atoms with E-state index in [0.29, 0.717) is 0 Å². The van der Waals surface area contributed by atoms with Gasteiger partial charge >= 0.3 is 6.18 Å². The molecule has 0 atom stereocenters. The summed E-state index contributed by atoms with van der Waals surface area (Å²) in [5, 5.41) is 0.131. The molecule has 0 aliphatic heterocycles. The molecule has 0 bridgehead atoms. The van der Waals surface area contributed by atoms with Gasteiger partial charge in [-0.15, -0.1) is 0 Å². The number of aromatic nitrogens is 2. The Hall–Kier alpha value is -1.82. The van der Waals surface area contributed by atoms with Crippen LogP contribution in [0.4, 0.5) is 13.2 Å². The number of pyridine rings is 2. The summed E-state index contributed by atoms with van der Waals surface area (Å²) < 4.78 is 43.7. The molecular weight excluding hydrogens is 281 g/mol. The maximum absolute atomic E-state index is 12.8. The smallest absolute Gasteiger partial charge is 0.437 e. The van der Waals surface area contributed by atoms with E-state index in [1.165, 1.54) is 37.4 Å². The third-order valence-corrected chi connectivity index (χ3v) is 2.40. The third kappa shape index (κ3) is 3.35. The van der Waals surface area contributed by atoms with Gasteiger partial charge in [-0.3, -0.25) is 0 Å². The molecule has 0 saturated heterocycles. The molecule has 7 heteroatoms. The molecular formula is C12H8ClF3N2O. The number of nitrogens with zero attached hydrogens (tertiary/aromatic N) is 2.